The minimum atomic E-state index is 0.293. The predicted octanol–water partition coefficient (Wildman–Crippen LogP) is 0.963. The zero-order valence-corrected chi connectivity index (χ0v) is 5.78. The Morgan fingerprint density at radius 2 is 2.25 bits per heavy atom. The van der Waals surface area contributed by atoms with Crippen LogP contribution in [0.25, 0.3) is 0 Å². The third kappa shape index (κ3) is 6.02. The maximum atomic E-state index is 5.47. The van der Waals surface area contributed by atoms with Gasteiger partial charge in [0.1, 0.15) is 0 Å². The SMILES string of the molecule is [B]C(C)CNCCC. The molecule has 2 heteroatoms. The van der Waals surface area contributed by atoms with E-state index in [-0.39, 0.29) is 0 Å². The fraction of sp³-hybridized carbons (Fsp3) is 1.00. The van der Waals surface area contributed by atoms with E-state index in [0.29, 0.717) is 5.82 Å². The molecule has 0 aliphatic carbocycles. The van der Waals surface area contributed by atoms with E-state index in [1.165, 1.54) is 6.42 Å². The molecule has 0 aromatic carbocycles. The van der Waals surface area contributed by atoms with E-state index in [4.69, 9.17) is 7.85 Å². The maximum absolute atomic E-state index is 5.47. The van der Waals surface area contributed by atoms with Crippen LogP contribution < -0.4 is 5.32 Å². The fourth-order valence-corrected chi connectivity index (χ4v) is 0.507. The Morgan fingerprint density at radius 3 is 2.62 bits per heavy atom. The Labute approximate surface area is 53.3 Å². The molecular weight excluding hydrogens is 96.9 g/mol. The van der Waals surface area contributed by atoms with Crippen LogP contribution in [-0.2, 0) is 0 Å². The van der Waals surface area contributed by atoms with Crippen molar-refractivity contribution in [3.05, 3.63) is 0 Å². The van der Waals surface area contributed by atoms with Gasteiger partial charge in [-0.05, 0) is 19.5 Å². The van der Waals surface area contributed by atoms with Gasteiger partial charge in [0.2, 0.25) is 0 Å². The van der Waals surface area contributed by atoms with Gasteiger partial charge in [0.05, 0.1) is 7.85 Å². The van der Waals surface area contributed by atoms with Crippen molar-refractivity contribution in [3.8, 4) is 0 Å². The van der Waals surface area contributed by atoms with E-state index in [9.17, 15) is 0 Å². The molecule has 1 unspecified atom stereocenters. The quantitative estimate of drug-likeness (QED) is 0.421. The Kier molecular flexibility index (Phi) is 5.18. The van der Waals surface area contributed by atoms with Crippen LogP contribution in [-0.4, -0.2) is 20.9 Å². The maximum Gasteiger partial charge on any atom is 0.0713 e. The Balaban J connectivity index is 2.72. The molecule has 0 aliphatic rings. The lowest BCUT2D eigenvalue weighted by Crippen LogP contribution is -2.18. The number of rotatable bonds is 4. The summed E-state index contributed by atoms with van der Waals surface area (Å²) in [5.41, 5.74) is 0. The highest BCUT2D eigenvalue weighted by Crippen LogP contribution is 1.89. The largest absolute Gasteiger partial charge is 0.317 e. The van der Waals surface area contributed by atoms with Crippen LogP contribution in [0.3, 0.4) is 0 Å². The van der Waals surface area contributed by atoms with Gasteiger partial charge in [0.15, 0.2) is 0 Å². The van der Waals surface area contributed by atoms with E-state index >= 15 is 0 Å². The lowest BCUT2D eigenvalue weighted by atomic mass is 9.90. The van der Waals surface area contributed by atoms with Gasteiger partial charge in [-0.2, -0.15) is 0 Å². The monoisotopic (exact) mass is 111 g/mol. The van der Waals surface area contributed by atoms with Crippen LogP contribution in [0, 0.1) is 0 Å². The molecule has 46 valence electrons. The Morgan fingerprint density at radius 1 is 1.62 bits per heavy atom. The third-order valence-corrected chi connectivity index (χ3v) is 0.893. The van der Waals surface area contributed by atoms with Crippen molar-refractivity contribution in [2.75, 3.05) is 13.1 Å². The van der Waals surface area contributed by atoms with Gasteiger partial charge in [-0.3, -0.25) is 0 Å². The average molecular weight is 111 g/mol. The van der Waals surface area contributed by atoms with Crippen LogP contribution in [0.4, 0.5) is 0 Å². The standard InChI is InChI=1S/C6H14BN/c1-3-4-8-5-6(2)7/h6,8H,3-5H2,1-2H3. The molecule has 1 atom stereocenters. The average Bonchev–Trinajstić information content (AvgIpc) is 1.66. The van der Waals surface area contributed by atoms with Gasteiger partial charge in [0.25, 0.3) is 0 Å². The van der Waals surface area contributed by atoms with Crippen LogP contribution in [0.1, 0.15) is 20.3 Å². The second kappa shape index (κ2) is 5.17. The van der Waals surface area contributed by atoms with Crippen molar-refractivity contribution in [2.45, 2.75) is 26.1 Å². The second-order valence-electron chi connectivity index (χ2n) is 2.18. The smallest absolute Gasteiger partial charge is 0.0713 e. The molecule has 0 spiro atoms. The van der Waals surface area contributed by atoms with E-state index in [2.05, 4.69) is 12.2 Å². The van der Waals surface area contributed by atoms with E-state index < -0.39 is 0 Å². The molecule has 0 fully saturated rings. The zero-order valence-electron chi connectivity index (χ0n) is 5.78. The zero-order chi connectivity index (χ0) is 6.41. The van der Waals surface area contributed by atoms with E-state index in [1.807, 2.05) is 6.92 Å². The summed E-state index contributed by atoms with van der Waals surface area (Å²) < 4.78 is 0. The van der Waals surface area contributed by atoms with Crippen LogP contribution in [0.15, 0.2) is 0 Å². The molecule has 1 N–H and O–H groups in total. The van der Waals surface area contributed by atoms with Crippen molar-refractivity contribution in [1.29, 1.82) is 0 Å². The van der Waals surface area contributed by atoms with Gasteiger partial charge in [0, 0.05) is 0 Å². The summed E-state index contributed by atoms with van der Waals surface area (Å²) in [5.74, 6) is 0.293. The molecule has 0 heterocycles. The predicted molar refractivity (Wildman–Crippen MR) is 38.3 cm³/mol. The summed E-state index contributed by atoms with van der Waals surface area (Å²) >= 11 is 0. The molecule has 0 rings (SSSR count). The minimum absolute atomic E-state index is 0.293. The minimum Gasteiger partial charge on any atom is -0.317 e. The summed E-state index contributed by atoms with van der Waals surface area (Å²) in [5, 5.41) is 3.21. The topological polar surface area (TPSA) is 12.0 Å². The third-order valence-electron chi connectivity index (χ3n) is 0.893. The lowest BCUT2D eigenvalue weighted by Gasteiger charge is -2.04. The summed E-state index contributed by atoms with van der Waals surface area (Å²) in [4.78, 5) is 0. The highest BCUT2D eigenvalue weighted by Gasteiger charge is 1.88. The normalized spacial score (nSPS) is 13.8. The van der Waals surface area contributed by atoms with Crippen molar-refractivity contribution in [1.82, 2.24) is 5.32 Å². The molecule has 0 aromatic heterocycles. The lowest BCUT2D eigenvalue weighted by molar-refractivity contribution is 0.661. The summed E-state index contributed by atoms with van der Waals surface area (Å²) in [6.07, 6.45) is 1.19. The van der Waals surface area contributed by atoms with Crippen LogP contribution in [0.5, 0.6) is 0 Å². The molecule has 0 aromatic rings. The van der Waals surface area contributed by atoms with Crippen molar-refractivity contribution in [2.24, 2.45) is 0 Å². The first-order valence-corrected chi connectivity index (χ1v) is 3.23. The van der Waals surface area contributed by atoms with Crippen molar-refractivity contribution in [3.63, 3.8) is 0 Å². The van der Waals surface area contributed by atoms with Gasteiger partial charge in [-0.25, -0.2) is 0 Å². The van der Waals surface area contributed by atoms with Crippen LogP contribution >= 0.6 is 0 Å². The first-order valence-electron chi connectivity index (χ1n) is 3.23. The molecule has 8 heavy (non-hydrogen) atoms. The van der Waals surface area contributed by atoms with Crippen molar-refractivity contribution < 1.29 is 0 Å². The molecule has 0 saturated carbocycles. The second-order valence-corrected chi connectivity index (χ2v) is 2.18. The summed E-state index contributed by atoms with van der Waals surface area (Å²) in [6.45, 7) is 6.17. The van der Waals surface area contributed by atoms with E-state index in [0.717, 1.165) is 13.1 Å². The number of hydrogen-bond donors (Lipinski definition) is 1. The Hall–Kier alpha value is 0.0249. The highest BCUT2D eigenvalue weighted by atomic mass is 14.8. The first-order chi connectivity index (χ1) is 3.77. The first kappa shape index (κ1) is 8.02. The summed E-state index contributed by atoms with van der Waals surface area (Å²) in [6, 6.07) is 0. The van der Waals surface area contributed by atoms with Crippen molar-refractivity contribution >= 4 is 7.85 Å². The van der Waals surface area contributed by atoms with Gasteiger partial charge >= 0.3 is 0 Å². The molecule has 0 aliphatic heterocycles. The highest BCUT2D eigenvalue weighted by molar-refractivity contribution is 6.11. The molecule has 2 radical (unpaired) electrons. The molecule has 0 amide bonds. The van der Waals surface area contributed by atoms with Gasteiger partial charge < -0.3 is 5.32 Å². The fourth-order valence-electron chi connectivity index (χ4n) is 0.507. The van der Waals surface area contributed by atoms with Crippen LogP contribution in [0.2, 0.25) is 5.82 Å². The van der Waals surface area contributed by atoms with E-state index in [1.54, 1.807) is 0 Å². The molecular formula is C6H14BN. The van der Waals surface area contributed by atoms with Gasteiger partial charge in [-0.1, -0.05) is 19.7 Å². The molecule has 0 saturated heterocycles. The number of hydrogen-bond acceptors (Lipinski definition) is 1. The summed E-state index contributed by atoms with van der Waals surface area (Å²) in [7, 11) is 5.47. The molecule has 1 nitrogen and oxygen atoms in total. The molecule has 0 bridgehead atoms. The Bertz CT molecular complexity index is 45.8. The van der Waals surface area contributed by atoms with Gasteiger partial charge in [-0.15, -0.1) is 0 Å². The number of nitrogens with one attached hydrogen (secondary N) is 1.